The SMILES string of the molecule is C=CC[C@@](C)(N[C@@H](C)c1cccc2ccccc12)c1ccccc1O. The van der Waals surface area contributed by atoms with E-state index in [9.17, 15) is 5.11 Å². The van der Waals surface area contributed by atoms with Crippen molar-refractivity contribution >= 4 is 10.8 Å². The number of aromatic hydroxyl groups is 1. The van der Waals surface area contributed by atoms with Crippen LogP contribution in [0.15, 0.2) is 79.4 Å². The van der Waals surface area contributed by atoms with Gasteiger partial charge in [-0.05, 0) is 42.7 Å². The molecule has 3 rings (SSSR count). The molecule has 0 fully saturated rings. The molecule has 0 aromatic heterocycles. The topological polar surface area (TPSA) is 32.3 Å². The van der Waals surface area contributed by atoms with E-state index >= 15 is 0 Å². The summed E-state index contributed by atoms with van der Waals surface area (Å²) < 4.78 is 0. The third-order valence-electron chi connectivity index (χ3n) is 4.88. The summed E-state index contributed by atoms with van der Waals surface area (Å²) in [5.41, 5.74) is 1.74. The Bertz CT molecular complexity index is 881. The number of hydrogen-bond acceptors (Lipinski definition) is 2. The van der Waals surface area contributed by atoms with Crippen LogP contribution in [-0.2, 0) is 5.54 Å². The maximum atomic E-state index is 10.4. The van der Waals surface area contributed by atoms with Crippen molar-refractivity contribution in [3.8, 4) is 5.75 Å². The molecule has 0 heterocycles. The van der Waals surface area contributed by atoms with Gasteiger partial charge < -0.3 is 10.4 Å². The molecule has 25 heavy (non-hydrogen) atoms. The Hall–Kier alpha value is -2.58. The van der Waals surface area contributed by atoms with Crippen molar-refractivity contribution < 1.29 is 5.11 Å². The van der Waals surface area contributed by atoms with Gasteiger partial charge in [0, 0.05) is 17.1 Å². The summed E-state index contributed by atoms with van der Waals surface area (Å²) in [7, 11) is 0. The van der Waals surface area contributed by atoms with Gasteiger partial charge in [0.2, 0.25) is 0 Å². The largest absolute Gasteiger partial charge is 0.508 e. The van der Waals surface area contributed by atoms with Gasteiger partial charge in [-0.15, -0.1) is 6.58 Å². The fraction of sp³-hybridized carbons (Fsp3) is 0.217. The smallest absolute Gasteiger partial charge is 0.120 e. The van der Waals surface area contributed by atoms with Crippen LogP contribution in [0.2, 0.25) is 0 Å². The van der Waals surface area contributed by atoms with Crippen LogP contribution in [-0.4, -0.2) is 5.11 Å². The molecule has 2 heteroatoms. The third-order valence-corrected chi connectivity index (χ3v) is 4.88. The van der Waals surface area contributed by atoms with Gasteiger partial charge in [-0.25, -0.2) is 0 Å². The highest BCUT2D eigenvalue weighted by Gasteiger charge is 2.30. The molecule has 0 aliphatic rings. The van der Waals surface area contributed by atoms with Crippen LogP contribution in [0.25, 0.3) is 10.8 Å². The van der Waals surface area contributed by atoms with Crippen LogP contribution in [0.4, 0.5) is 0 Å². The molecule has 0 radical (unpaired) electrons. The molecule has 0 saturated heterocycles. The van der Waals surface area contributed by atoms with Gasteiger partial charge in [0.15, 0.2) is 0 Å². The molecule has 0 amide bonds. The van der Waals surface area contributed by atoms with Gasteiger partial charge in [-0.3, -0.25) is 0 Å². The Morgan fingerprint density at radius 3 is 2.48 bits per heavy atom. The minimum Gasteiger partial charge on any atom is -0.508 e. The summed E-state index contributed by atoms with van der Waals surface area (Å²) in [5.74, 6) is 0.310. The fourth-order valence-corrected chi connectivity index (χ4v) is 3.66. The zero-order valence-corrected chi connectivity index (χ0v) is 14.9. The van der Waals surface area contributed by atoms with Crippen LogP contribution in [0.1, 0.15) is 37.4 Å². The standard InChI is InChI=1S/C23H25NO/c1-4-16-23(3,21-14-7-8-15-22(21)25)24-17(2)19-13-9-11-18-10-5-6-12-20(18)19/h4-15,17,24-25H,1,16H2,2-3H3/t17-,23+/m0/s1. The molecule has 0 saturated carbocycles. The van der Waals surface area contributed by atoms with E-state index in [0.717, 1.165) is 12.0 Å². The van der Waals surface area contributed by atoms with E-state index in [-0.39, 0.29) is 6.04 Å². The van der Waals surface area contributed by atoms with Gasteiger partial charge in [-0.1, -0.05) is 66.7 Å². The zero-order chi connectivity index (χ0) is 17.9. The van der Waals surface area contributed by atoms with E-state index in [4.69, 9.17) is 0 Å². The maximum absolute atomic E-state index is 10.4. The molecule has 3 aromatic rings. The van der Waals surface area contributed by atoms with Crippen molar-refractivity contribution in [2.45, 2.75) is 31.8 Å². The van der Waals surface area contributed by atoms with Crippen LogP contribution in [0.3, 0.4) is 0 Å². The number of benzene rings is 3. The molecule has 2 nitrogen and oxygen atoms in total. The number of phenols is 1. The first kappa shape index (κ1) is 17.2. The van der Waals surface area contributed by atoms with Crippen LogP contribution in [0.5, 0.6) is 5.75 Å². The number of rotatable bonds is 6. The van der Waals surface area contributed by atoms with Crippen molar-refractivity contribution in [2.24, 2.45) is 0 Å². The monoisotopic (exact) mass is 331 g/mol. The van der Waals surface area contributed by atoms with Crippen LogP contribution < -0.4 is 5.32 Å². The first-order chi connectivity index (χ1) is 12.0. The normalized spacial score (nSPS) is 14.8. The van der Waals surface area contributed by atoms with E-state index in [1.807, 2.05) is 24.3 Å². The van der Waals surface area contributed by atoms with Crippen LogP contribution in [0, 0.1) is 0 Å². The summed E-state index contributed by atoms with van der Waals surface area (Å²) in [6, 6.07) is 22.5. The quantitative estimate of drug-likeness (QED) is 0.569. The highest BCUT2D eigenvalue weighted by atomic mass is 16.3. The number of para-hydroxylation sites is 1. The minimum atomic E-state index is -0.399. The summed E-state index contributed by atoms with van der Waals surface area (Å²) in [6.07, 6.45) is 2.62. The summed E-state index contributed by atoms with van der Waals surface area (Å²) in [4.78, 5) is 0. The van der Waals surface area contributed by atoms with Crippen molar-refractivity contribution in [2.75, 3.05) is 0 Å². The summed E-state index contributed by atoms with van der Waals surface area (Å²) in [5, 5.41) is 16.6. The zero-order valence-electron chi connectivity index (χ0n) is 14.9. The molecule has 0 aliphatic heterocycles. The second-order valence-electron chi connectivity index (χ2n) is 6.78. The molecule has 2 atom stereocenters. The predicted molar refractivity (Wildman–Crippen MR) is 106 cm³/mol. The van der Waals surface area contributed by atoms with Gasteiger partial charge in [-0.2, -0.15) is 0 Å². The Balaban J connectivity index is 2.00. The molecule has 0 unspecified atom stereocenters. The lowest BCUT2D eigenvalue weighted by molar-refractivity contribution is 0.317. The lowest BCUT2D eigenvalue weighted by Gasteiger charge is -2.35. The molecular formula is C23H25NO. The summed E-state index contributed by atoms with van der Waals surface area (Å²) in [6.45, 7) is 8.20. The number of fused-ring (bicyclic) bond motifs is 1. The van der Waals surface area contributed by atoms with E-state index in [1.165, 1.54) is 16.3 Å². The second kappa shape index (κ2) is 7.12. The number of phenolic OH excluding ortho intramolecular Hbond substituents is 1. The van der Waals surface area contributed by atoms with E-state index in [0.29, 0.717) is 5.75 Å². The molecule has 0 bridgehead atoms. The average Bonchev–Trinajstić information content (AvgIpc) is 2.61. The number of nitrogens with one attached hydrogen (secondary N) is 1. The summed E-state index contributed by atoms with van der Waals surface area (Å²) >= 11 is 0. The van der Waals surface area contributed by atoms with Gasteiger partial charge in [0.25, 0.3) is 0 Å². The van der Waals surface area contributed by atoms with E-state index < -0.39 is 5.54 Å². The predicted octanol–water partition coefficient (Wildman–Crippen LogP) is 5.69. The molecule has 0 spiro atoms. The molecule has 3 aromatic carbocycles. The van der Waals surface area contributed by atoms with Crippen molar-refractivity contribution in [1.82, 2.24) is 5.32 Å². The van der Waals surface area contributed by atoms with Crippen molar-refractivity contribution in [1.29, 1.82) is 0 Å². The van der Waals surface area contributed by atoms with Gasteiger partial charge >= 0.3 is 0 Å². The van der Waals surface area contributed by atoms with Gasteiger partial charge in [0.1, 0.15) is 5.75 Å². The van der Waals surface area contributed by atoms with Crippen LogP contribution >= 0.6 is 0 Å². The molecule has 2 N–H and O–H groups in total. The van der Waals surface area contributed by atoms with E-state index in [2.05, 4.69) is 68.2 Å². The van der Waals surface area contributed by atoms with Crippen molar-refractivity contribution in [3.63, 3.8) is 0 Å². The second-order valence-corrected chi connectivity index (χ2v) is 6.78. The lowest BCUT2D eigenvalue weighted by atomic mass is 9.86. The maximum Gasteiger partial charge on any atom is 0.120 e. The highest BCUT2D eigenvalue weighted by Crippen LogP contribution is 2.35. The first-order valence-corrected chi connectivity index (χ1v) is 8.70. The fourth-order valence-electron chi connectivity index (χ4n) is 3.66. The van der Waals surface area contributed by atoms with E-state index in [1.54, 1.807) is 6.07 Å². The minimum absolute atomic E-state index is 0.121. The Labute approximate surface area is 149 Å². The lowest BCUT2D eigenvalue weighted by Crippen LogP contribution is -2.40. The number of hydrogen-bond donors (Lipinski definition) is 2. The highest BCUT2D eigenvalue weighted by molar-refractivity contribution is 5.86. The molecule has 0 aliphatic carbocycles. The average molecular weight is 331 g/mol. The Morgan fingerprint density at radius 1 is 1.04 bits per heavy atom. The first-order valence-electron chi connectivity index (χ1n) is 8.70. The Morgan fingerprint density at radius 2 is 1.72 bits per heavy atom. The molecule has 128 valence electrons. The molecular weight excluding hydrogens is 306 g/mol. The van der Waals surface area contributed by atoms with Crippen molar-refractivity contribution in [3.05, 3.63) is 90.5 Å². The third kappa shape index (κ3) is 3.45. The Kier molecular flexibility index (Phi) is 4.91. The van der Waals surface area contributed by atoms with Gasteiger partial charge in [0.05, 0.1) is 0 Å².